The first-order valence-electron chi connectivity index (χ1n) is 7.26. The second kappa shape index (κ2) is 5.31. The zero-order valence-electron chi connectivity index (χ0n) is 12.8. The molecule has 6 nitrogen and oxygen atoms in total. The number of aryl methyl sites for hydroxylation is 2. The van der Waals surface area contributed by atoms with Gasteiger partial charge < -0.3 is 11.1 Å². The normalized spacial score (nSPS) is 15.8. The predicted molar refractivity (Wildman–Crippen MR) is 85.0 cm³/mol. The standard InChI is InChI=1S/C15H18N4O2S/c1-6-10-7(2)17-13(9-4-5-9)19-15(10)22-11(6)14(21)18-8(3)12(16)20/h8-9H,4-5H2,1-3H3,(H2,16,20)(H,18,21). The molecule has 0 aromatic carbocycles. The summed E-state index contributed by atoms with van der Waals surface area (Å²) < 4.78 is 0. The number of carbonyl (C=O) groups excluding carboxylic acids is 2. The molecule has 22 heavy (non-hydrogen) atoms. The third kappa shape index (κ3) is 2.56. The van der Waals surface area contributed by atoms with E-state index >= 15 is 0 Å². The van der Waals surface area contributed by atoms with Gasteiger partial charge >= 0.3 is 0 Å². The van der Waals surface area contributed by atoms with E-state index in [2.05, 4.69) is 15.3 Å². The number of thiophene rings is 1. The minimum absolute atomic E-state index is 0.292. The van der Waals surface area contributed by atoms with Crippen molar-refractivity contribution in [2.45, 2.75) is 45.6 Å². The number of amides is 2. The molecular weight excluding hydrogens is 300 g/mol. The molecule has 1 saturated carbocycles. The highest BCUT2D eigenvalue weighted by molar-refractivity contribution is 7.20. The molecule has 1 atom stereocenters. The lowest BCUT2D eigenvalue weighted by Gasteiger charge is -2.09. The summed E-state index contributed by atoms with van der Waals surface area (Å²) in [7, 11) is 0. The Morgan fingerprint density at radius 3 is 2.59 bits per heavy atom. The smallest absolute Gasteiger partial charge is 0.262 e. The monoisotopic (exact) mass is 318 g/mol. The second-order valence-corrected chi connectivity index (χ2v) is 6.77. The highest BCUT2D eigenvalue weighted by Gasteiger charge is 2.28. The SMILES string of the molecule is Cc1nc(C2CC2)nc2sc(C(=O)NC(C)C(N)=O)c(C)c12. The summed E-state index contributed by atoms with van der Waals surface area (Å²) in [6.07, 6.45) is 2.28. The summed E-state index contributed by atoms with van der Waals surface area (Å²) in [5, 5.41) is 3.55. The fourth-order valence-corrected chi connectivity index (χ4v) is 3.58. The molecule has 0 radical (unpaired) electrons. The molecule has 0 bridgehead atoms. The lowest BCUT2D eigenvalue weighted by Crippen LogP contribution is -2.42. The summed E-state index contributed by atoms with van der Waals surface area (Å²) in [5.41, 5.74) is 6.95. The average Bonchev–Trinajstić information content (AvgIpc) is 3.23. The lowest BCUT2D eigenvalue weighted by atomic mass is 10.1. The Morgan fingerprint density at radius 1 is 1.32 bits per heavy atom. The first kappa shape index (κ1) is 14.9. The Hall–Kier alpha value is -2.02. The molecule has 0 spiro atoms. The molecule has 1 unspecified atom stereocenters. The van der Waals surface area contributed by atoms with Crippen LogP contribution in [0.2, 0.25) is 0 Å². The summed E-state index contributed by atoms with van der Waals surface area (Å²) in [6, 6.07) is -0.702. The largest absolute Gasteiger partial charge is 0.368 e. The number of aromatic nitrogens is 2. The quantitative estimate of drug-likeness (QED) is 0.898. The van der Waals surface area contributed by atoms with Crippen LogP contribution in [0.4, 0.5) is 0 Å². The van der Waals surface area contributed by atoms with Gasteiger partial charge in [0.05, 0.1) is 10.6 Å². The molecule has 1 aliphatic rings. The van der Waals surface area contributed by atoms with Crippen LogP contribution >= 0.6 is 11.3 Å². The molecule has 0 aliphatic heterocycles. The van der Waals surface area contributed by atoms with E-state index < -0.39 is 11.9 Å². The first-order chi connectivity index (χ1) is 10.4. The van der Waals surface area contributed by atoms with Crippen molar-refractivity contribution in [2.75, 3.05) is 0 Å². The molecule has 0 saturated heterocycles. The van der Waals surface area contributed by atoms with Crippen LogP contribution in [0.15, 0.2) is 0 Å². The molecule has 116 valence electrons. The van der Waals surface area contributed by atoms with Crippen LogP contribution in [0.1, 0.15) is 52.4 Å². The Labute approximate surface area is 132 Å². The number of nitrogens with one attached hydrogen (secondary N) is 1. The van der Waals surface area contributed by atoms with Crippen molar-refractivity contribution in [1.29, 1.82) is 0 Å². The van der Waals surface area contributed by atoms with Crippen LogP contribution in [0, 0.1) is 13.8 Å². The van der Waals surface area contributed by atoms with Gasteiger partial charge in [-0.3, -0.25) is 9.59 Å². The molecule has 2 aromatic heterocycles. The molecule has 7 heteroatoms. The van der Waals surface area contributed by atoms with Crippen molar-refractivity contribution in [3.8, 4) is 0 Å². The average molecular weight is 318 g/mol. The van der Waals surface area contributed by atoms with Crippen LogP contribution < -0.4 is 11.1 Å². The highest BCUT2D eigenvalue weighted by Crippen LogP contribution is 2.40. The number of rotatable bonds is 4. The molecule has 2 aromatic rings. The number of carbonyl (C=O) groups is 2. The lowest BCUT2D eigenvalue weighted by molar-refractivity contribution is -0.119. The van der Waals surface area contributed by atoms with Gasteiger partial charge in [-0.2, -0.15) is 0 Å². The van der Waals surface area contributed by atoms with Gasteiger partial charge in [-0.05, 0) is 39.2 Å². The number of primary amides is 1. The minimum atomic E-state index is -0.702. The van der Waals surface area contributed by atoms with Crippen LogP contribution in [-0.4, -0.2) is 27.8 Å². The Balaban J connectivity index is 2.00. The van der Waals surface area contributed by atoms with Gasteiger partial charge in [-0.1, -0.05) is 0 Å². The van der Waals surface area contributed by atoms with Crippen molar-refractivity contribution in [1.82, 2.24) is 15.3 Å². The number of hydrogen-bond acceptors (Lipinski definition) is 5. The zero-order chi connectivity index (χ0) is 16.0. The van der Waals surface area contributed by atoms with E-state index in [9.17, 15) is 9.59 Å². The van der Waals surface area contributed by atoms with Gasteiger partial charge in [0.2, 0.25) is 5.91 Å². The molecular formula is C15H18N4O2S. The molecule has 1 aliphatic carbocycles. The Kier molecular flexibility index (Phi) is 3.60. The predicted octanol–water partition coefficient (Wildman–Crippen LogP) is 1.79. The number of hydrogen-bond donors (Lipinski definition) is 2. The zero-order valence-corrected chi connectivity index (χ0v) is 13.6. The number of nitrogens with two attached hydrogens (primary N) is 1. The fourth-order valence-electron chi connectivity index (χ4n) is 2.43. The van der Waals surface area contributed by atoms with E-state index in [0.717, 1.165) is 40.1 Å². The second-order valence-electron chi connectivity index (χ2n) is 5.78. The number of fused-ring (bicyclic) bond motifs is 1. The van der Waals surface area contributed by atoms with Gasteiger partial charge in [-0.15, -0.1) is 11.3 Å². The van der Waals surface area contributed by atoms with Crippen molar-refractivity contribution in [3.63, 3.8) is 0 Å². The van der Waals surface area contributed by atoms with Crippen molar-refractivity contribution in [2.24, 2.45) is 5.73 Å². The van der Waals surface area contributed by atoms with Gasteiger partial charge in [0.15, 0.2) is 0 Å². The maximum Gasteiger partial charge on any atom is 0.262 e. The third-order valence-electron chi connectivity index (χ3n) is 3.91. The number of nitrogens with zero attached hydrogens (tertiary/aromatic N) is 2. The first-order valence-corrected chi connectivity index (χ1v) is 8.08. The van der Waals surface area contributed by atoms with E-state index in [1.54, 1.807) is 6.92 Å². The van der Waals surface area contributed by atoms with Crippen LogP contribution in [-0.2, 0) is 4.79 Å². The van der Waals surface area contributed by atoms with E-state index in [1.165, 1.54) is 11.3 Å². The third-order valence-corrected chi connectivity index (χ3v) is 5.10. The van der Waals surface area contributed by atoms with E-state index in [4.69, 9.17) is 5.73 Å². The van der Waals surface area contributed by atoms with E-state index in [0.29, 0.717) is 10.8 Å². The summed E-state index contributed by atoms with van der Waals surface area (Å²) in [5.74, 6) is 0.500. The Morgan fingerprint density at radius 2 is 2.00 bits per heavy atom. The van der Waals surface area contributed by atoms with Gasteiger partial charge in [0.1, 0.15) is 16.7 Å². The Bertz CT molecular complexity index is 779. The summed E-state index contributed by atoms with van der Waals surface area (Å²) in [4.78, 5) is 34.0. The summed E-state index contributed by atoms with van der Waals surface area (Å²) >= 11 is 1.34. The molecule has 3 N–H and O–H groups in total. The van der Waals surface area contributed by atoms with Crippen LogP contribution in [0.25, 0.3) is 10.2 Å². The maximum atomic E-state index is 12.3. The van der Waals surface area contributed by atoms with E-state index in [1.807, 2.05) is 13.8 Å². The van der Waals surface area contributed by atoms with Crippen LogP contribution in [0.3, 0.4) is 0 Å². The molecule has 2 amide bonds. The minimum Gasteiger partial charge on any atom is -0.368 e. The van der Waals surface area contributed by atoms with Crippen molar-refractivity contribution < 1.29 is 9.59 Å². The van der Waals surface area contributed by atoms with Crippen molar-refractivity contribution >= 4 is 33.4 Å². The van der Waals surface area contributed by atoms with E-state index in [-0.39, 0.29) is 5.91 Å². The topological polar surface area (TPSA) is 98.0 Å². The van der Waals surface area contributed by atoms with Crippen LogP contribution in [0.5, 0.6) is 0 Å². The fraction of sp³-hybridized carbons (Fsp3) is 0.467. The molecule has 2 heterocycles. The van der Waals surface area contributed by atoms with Gasteiger partial charge in [0.25, 0.3) is 5.91 Å². The maximum absolute atomic E-state index is 12.3. The molecule has 1 fully saturated rings. The van der Waals surface area contributed by atoms with Gasteiger partial charge in [0, 0.05) is 11.3 Å². The highest BCUT2D eigenvalue weighted by atomic mass is 32.1. The van der Waals surface area contributed by atoms with Gasteiger partial charge in [-0.25, -0.2) is 9.97 Å². The summed E-state index contributed by atoms with van der Waals surface area (Å²) in [6.45, 7) is 5.40. The van der Waals surface area contributed by atoms with Crippen molar-refractivity contribution in [3.05, 3.63) is 22.0 Å². The molecule has 3 rings (SSSR count).